The summed E-state index contributed by atoms with van der Waals surface area (Å²) >= 11 is 0. The maximum Gasteiger partial charge on any atom is 0.130 e. The summed E-state index contributed by atoms with van der Waals surface area (Å²) in [5.41, 5.74) is 7.11. The van der Waals surface area contributed by atoms with Gasteiger partial charge in [-0.05, 0) is 19.1 Å². The Bertz CT molecular complexity index is 295. The van der Waals surface area contributed by atoms with E-state index in [1.807, 2.05) is 25.1 Å². The minimum atomic E-state index is -0.279. The summed E-state index contributed by atoms with van der Waals surface area (Å²) in [5.74, 6) is -0.235. The Morgan fingerprint density at radius 2 is 2.00 bits per heavy atom. The van der Waals surface area contributed by atoms with Crippen LogP contribution in [0.15, 0.2) is 18.2 Å². The van der Waals surface area contributed by atoms with Crippen molar-refractivity contribution in [2.75, 3.05) is 19.0 Å². The van der Waals surface area contributed by atoms with Crippen molar-refractivity contribution in [3.8, 4) is 0 Å². The Labute approximate surface area is 78.2 Å². The highest BCUT2D eigenvalue weighted by Gasteiger charge is 2.12. The van der Waals surface area contributed by atoms with E-state index in [9.17, 15) is 4.39 Å². The molecule has 0 aliphatic carbocycles. The summed E-state index contributed by atoms with van der Waals surface area (Å²) in [6, 6.07) is 4.71. The van der Waals surface area contributed by atoms with Crippen LogP contribution in [0.25, 0.3) is 0 Å². The van der Waals surface area contributed by atoms with Gasteiger partial charge in [0.25, 0.3) is 0 Å². The molecular weight excluding hydrogens is 167 g/mol. The Kier molecular flexibility index (Phi) is 2.88. The zero-order chi connectivity index (χ0) is 10.0. The average Bonchev–Trinajstić information content (AvgIpc) is 2.02. The minimum absolute atomic E-state index is 0.235. The standard InChI is InChI=1S/C10H15FN2/c1-7(12)10-8(11)5-4-6-9(10)13(2)3/h4-7H,12H2,1-3H3/t7-/m0/s1. The van der Waals surface area contributed by atoms with Gasteiger partial charge < -0.3 is 10.6 Å². The van der Waals surface area contributed by atoms with E-state index in [0.717, 1.165) is 5.69 Å². The van der Waals surface area contributed by atoms with Crippen molar-refractivity contribution in [3.05, 3.63) is 29.6 Å². The van der Waals surface area contributed by atoms with E-state index in [0.29, 0.717) is 5.56 Å². The molecule has 0 heterocycles. The normalized spacial score (nSPS) is 12.7. The molecule has 1 aromatic rings. The molecule has 2 N–H and O–H groups in total. The van der Waals surface area contributed by atoms with Gasteiger partial charge in [0.05, 0.1) is 0 Å². The first-order valence-electron chi connectivity index (χ1n) is 4.25. The zero-order valence-electron chi connectivity index (χ0n) is 8.21. The van der Waals surface area contributed by atoms with Crippen LogP contribution < -0.4 is 10.6 Å². The number of hydrogen-bond donors (Lipinski definition) is 1. The summed E-state index contributed by atoms with van der Waals surface area (Å²) in [6.45, 7) is 1.78. The van der Waals surface area contributed by atoms with Crippen LogP contribution in [-0.2, 0) is 0 Å². The summed E-state index contributed by atoms with van der Waals surface area (Å²) < 4.78 is 13.4. The highest BCUT2D eigenvalue weighted by molar-refractivity contribution is 5.54. The lowest BCUT2D eigenvalue weighted by Gasteiger charge is -2.19. The van der Waals surface area contributed by atoms with Gasteiger partial charge in [-0.1, -0.05) is 6.07 Å². The van der Waals surface area contributed by atoms with Crippen molar-refractivity contribution in [3.63, 3.8) is 0 Å². The fourth-order valence-electron chi connectivity index (χ4n) is 1.37. The van der Waals surface area contributed by atoms with Crippen LogP contribution in [0, 0.1) is 5.82 Å². The van der Waals surface area contributed by atoms with Crippen LogP contribution in [0.1, 0.15) is 18.5 Å². The molecule has 0 fully saturated rings. The van der Waals surface area contributed by atoms with Crippen molar-refractivity contribution in [1.82, 2.24) is 0 Å². The number of rotatable bonds is 2. The lowest BCUT2D eigenvalue weighted by Crippen LogP contribution is -2.16. The van der Waals surface area contributed by atoms with Crippen molar-refractivity contribution in [1.29, 1.82) is 0 Å². The number of anilines is 1. The SMILES string of the molecule is C[C@H](N)c1c(F)cccc1N(C)C. The molecule has 1 atom stereocenters. The van der Waals surface area contributed by atoms with Crippen molar-refractivity contribution in [2.24, 2.45) is 5.73 Å². The molecule has 0 bridgehead atoms. The second kappa shape index (κ2) is 3.75. The van der Waals surface area contributed by atoms with Gasteiger partial charge in [0.1, 0.15) is 5.82 Å². The van der Waals surface area contributed by atoms with Crippen LogP contribution in [0.4, 0.5) is 10.1 Å². The molecule has 0 saturated heterocycles. The number of hydrogen-bond acceptors (Lipinski definition) is 2. The van der Waals surface area contributed by atoms with Crippen molar-refractivity contribution in [2.45, 2.75) is 13.0 Å². The third-order valence-electron chi connectivity index (χ3n) is 1.97. The van der Waals surface area contributed by atoms with Gasteiger partial charge in [-0.2, -0.15) is 0 Å². The molecule has 72 valence electrons. The molecule has 13 heavy (non-hydrogen) atoms. The van der Waals surface area contributed by atoms with Crippen LogP contribution in [0.5, 0.6) is 0 Å². The summed E-state index contributed by atoms with van der Waals surface area (Å²) in [4.78, 5) is 1.86. The molecule has 1 rings (SSSR count). The lowest BCUT2D eigenvalue weighted by atomic mass is 10.1. The van der Waals surface area contributed by atoms with Gasteiger partial charge in [0, 0.05) is 31.4 Å². The Balaban J connectivity index is 3.26. The highest BCUT2D eigenvalue weighted by Crippen LogP contribution is 2.25. The van der Waals surface area contributed by atoms with Gasteiger partial charge in [-0.15, -0.1) is 0 Å². The van der Waals surface area contributed by atoms with Crippen LogP contribution in [0.3, 0.4) is 0 Å². The van der Waals surface area contributed by atoms with E-state index >= 15 is 0 Å². The average molecular weight is 182 g/mol. The fraction of sp³-hybridized carbons (Fsp3) is 0.400. The molecule has 0 radical (unpaired) electrons. The largest absolute Gasteiger partial charge is 0.377 e. The first kappa shape index (κ1) is 9.99. The smallest absolute Gasteiger partial charge is 0.130 e. The quantitative estimate of drug-likeness (QED) is 0.757. The number of nitrogens with two attached hydrogens (primary N) is 1. The molecule has 0 unspecified atom stereocenters. The van der Waals surface area contributed by atoms with Crippen LogP contribution >= 0.6 is 0 Å². The number of benzene rings is 1. The minimum Gasteiger partial charge on any atom is -0.377 e. The predicted molar refractivity (Wildman–Crippen MR) is 53.3 cm³/mol. The monoisotopic (exact) mass is 182 g/mol. The molecule has 1 aromatic carbocycles. The highest BCUT2D eigenvalue weighted by atomic mass is 19.1. The Morgan fingerprint density at radius 1 is 1.38 bits per heavy atom. The zero-order valence-corrected chi connectivity index (χ0v) is 8.21. The number of nitrogens with zero attached hydrogens (tertiary/aromatic N) is 1. The van der Waals surface area contributed by atoms with E-state index in [-0.39, 0.29) is 11.9 Å². The van der Waals surface area contributed by atoms with Crippen molar-refractivity contribution >= 4 is 5.69 Å². The molecule has 0 aliphatic heterocycles. The van der Waals surface area contributed by atoms with E-state index < -0.39 is 0 Å². The summed E-state index contributed by atoms with van der Waals surface area (Å²) in [6.07, 6.45) is 0. The second-order valence-corrected chi connectivity index (χ2v) is 3.36. The van der Waals surface area contributed by atoms with Gasteiger partial charge in [0.15, 0.2) is 0 Å². The maximum atomic E-state index is 13.4. The summed E-state index contributed by atoms with van der Waals surface area (Å²) in [7, 11) is 3.75. The molecule has 0 saturated carbocycles. The van der Waals surface area contributed by atoms with Gasteiger partial charge >= 0.3 is 0 Å². The first-order chi connectivity index (χ1) is 6.04. The van der Waals surface area contributed by atoms with E-state index in [1.165, 1.54) is 6.07 Å². The summed E-state index contributed by atoms with van der Waals surface area (Å²) in [5, 5.41) is 0. The van der Waals surface area contributed by atoms with Gasteiger partial charge in [-0.25, -0.2) is 4.39 Å². The fourth-order valence-corrected chi connectivity index (χ4v) is 1.37. The molecule has 3 heteroatoms. The Morgan fingerprint density at radius 3 is 2.38 bits per heavy atom. The van der Waals surface area contributed by atoms with Crippen LogP contribution in [0.2, 0.25) is 0 Å². The van der Waals surface area contributed by atoms with E-state index in [4.69, 9.17) is 5.73 Å². The molecule has 0 amide bonds. The lowest BCUT2D eigenvalue weighted by molar-refractivity contribution is 0.593. The third kappa shape index (κ3) is 1.98. The first-order valence-corrected chi connectivity index (χ1v) is 4.25. The molecular formula is C10H15FN2. The predicted octanol–water partition coefficient (Wildman–Crippen LogP) is 1.91. The topological polar surface area (TPSA) is 29.3 Å². The maximum absolute atomic E-state index is 13.4. The van der Waals surface area contributed by atoms with E-state index in [2.05, 4.69) is 0 Å². The van der Waals surface area contributed by atoms with Crippen molar-refractivity contribution < 1.29 is 4.39 Å². The van der Waals surface area contributed by atoms with E-state index in [1.54, 1.807) is 13.0 Å². The third-order valence-corrected chi connectivity index (χ3v) is 1.97. The number of halogens is 1. The second-order valence-electron chi connectivity index (χ2n) is 3.36. The van der Waals surface area contributed by atoms with Crippen LogP contribution in [-0.4, -0.2) is 14.1 Å². The van der Waals surface area contributed by atoms with Gasteiger partial charge in [0.2, 0.25) is 0 Å². The Hall–Kier alpha value is -1.09. The molecule has 0 spiro atoms. The molecule has 0 aliphatic rings. The van der Waals surface area contributed by atoms with Gasteiger partial charge in [-0.3, -0.25) is 0 Å². The molecule has 0 aromatic heterocycles. The molecule has 2 nitrogen and oxygen atoms in total.